The number of halogens is 1. The van der Waals surface area contributed by atoms with Gasteiger partial charge in [0.15, 0.2) is 0 Å². The minimum Gasteiger partial charge on any atom is -0.245 e. The molecule has 0 bridgehead atoms. The summed E-state index contributed by atoms with van der Waals surface area (Å²) in [5.41, 5.74) is 1.12. The van der Waals surface area contributed by atoms with Crippen LogP contribution in [0.25, 0.3) is 0 Å². The average Bonchev–Trinajstić information content (AvgIpc) is 1.83. The van der Waals surface area contributed by atoms with Crippen molar-refractivity contribution >= 4 is 16.8 Å². The van der Waals surface area contributed by atoms with E-state index in [9.17, 15) is 0 Å². The van der Waals surface area contributed by atoms with Gasteiger partial charge in [0.05, 0.1) is 0 Å². The first kappa shape index (κ1) is 8.44. The Morgan fingerprint density at radius 3 is 2.44 bits per heavy atom. The highest BCUT2D eigenvalue weighted by Gasteiger charge is 1.78. The molecule has 0 saturated carbocycles. The maximum absolute atomic E-state index is 5.50. The van der Waals surface area contributed by atoms with Gasteiger partial charge in [-0.3, -0.25) is 0 Å². The Bertz CT molecular complexity index is 152. The molecule has 0 unspecified atom stereocenters. The fraction of sp³-hybridized carbons (Fsp3) is 0.286. The lowest BCUT2D eigenvalue weighted by Gasteiger charge is -1.83. The van der Waals surface area contributed by atoms with E-state index in [1.54, 1.807) is 6.20 Å². The van der Waals surface area contributed by atoms with E-state index >= 15 is 0 Å². The molecule has 0 atom stereocenters. The molecule has 0 aromatic carbocycles. The predicted molar refractivity (Wildman–Crippen MR) is 42.9 cm³/mol. The fourth-order valence-corrected chi connectivity index (χ4v) is 0.292. The van der Waals surface area contributed by atoms with Gasteiger partial charge in [-0.25, -0.2) is 4.99 Å². The van der Waals surface area contributed by atoms with Crippen LogP contribution >= 0.6 is 11.6 Å². The number of allylic oxidation sites excluding steroid dienone is 2. The third kappa shape index (κ3) is 5.31. The van der Waals surface area contributed by atoms with E-state index in [0.717, 1.165) is 5.57 Å². The van der Waals surface area contributed by atoms with Crippen molar-refractivity contribution in [1.29, 1.82) is 0 Å². The zero-order valence-electron chi connectivity index (χ0n) is 5.69. The first-order chi connectivity index (χ1) is 4.16. The van der Waals surface area contributed by atoms with Gasteiger partial charge in [-0.05, 0) is 19.9 Å². The Morgan fingerprint density at radius 1 is 1.56 bits per heavy atom. The van der Waals surface area contributed by atoms with Gasteiger partial charge in [0.25, 0.3) is 0 Å². The summed E-state index contributed by atoms with van der Waals surface area (Å²) in [5, 5.41) is 0.427. The van der Waals surface area contributed by atoms with Crippen molar-refractivity contribution in [2.45, 2.75) is 13.8 Å². The summed E-state index contributed by atoms with van der Waals surface area (Å²) in [4.78, 5) is 3.84. The Balaban J connectivity index is 3.98. The normalized spacial score (nSPS) is 10.8. The molecule has 1 nitrogen and oxygen atoms in total. The van der Waals surface area contributed by atoms with E-state index in [2.05, 4.69) is 11.6 Å². The number of hydrogen-bond donors (Lipinski definition) is 0. The SMILES string of the molecule is C=CC(Cl)=NC=C(C)C. The van der Waals surface area contributed by atoms with Gasteiger partial charge in [-0.2, -0.15) is 0 Å². The van der Waals surface area contributed by atoms with E-state index < -0.39 is 0 Å². The topological polar surface area (TPSA) is 12.4 Å². The number of hydrogen-bond acceptors (Lipinski definition) is 1. The van der Waals surface area contributed by atoms with E-state index in [-0.39, 0.29) is 0 Å². The number of rotatable bonds is 2. The van der Waals surface area contributed by atoms with Crippen LogP contribution in [0, 0.1) is 0 Å². The summed E-state index contributed by atoms with van der Waals surface area (Å²) in [6.07, 6.45) is 3.20. The first-order valence-electron chi connectivity index (χ1n) is 2.66. The quantitative estimate of drug-likeness (QED) is 0.527. The molecule has 50 valence electrons. The van der Waals surface area contributed by atoms with E-state index in [4.69, 9.17) is 11.6 Å². The highest BCUT2D eigenvalue weighted by atomic mass is 35.5. The highest BCUT2D eigenvalue weighted by molar-refractivity contribution is 6.68. The van der Waals surface area contributed by atoms with Crippen LogP contribution in [-0.2, 0) is 0 Å². The van der Waals surface area contributed by atoms with Crippen LogP contribution in [0.1, 0.15) is 13.8 Å². The van der Waals surface area contributed by atoms with Crippen molar-refractivity contribution in [3.63, 3.8) is 0 Å². The average molecular weight is 144 g/mol. The molecule has 2 heteroatoms. The van der Waals surface area contributed by atoms with Crippen molar-refractivity contribution in [2.24, 2.45) is 4.99 Å². The predicted octanol–water partition coefficient (Wildman–Crippen LogP) is 2.73. The van der Waals surface area contributed by atoms with Gasteiger partial charge < -0.3 is 0 Å². The van der Waals surface area contributed by atoms with Crippen molar-refractivity contribution < 1.29 is 0 Å². The maximum atomic E-state index is 5.50. The molecule has 0 spiro atoms. The summed E-state index contributed by atoms with van der Waals surface area (Å²) in [7, 11) is 0. The Labute approximate surface area is 60.7 Å². The van der Waals surface area contributed by atoms with Crippen LogP contribution in [-0.4, -0.2) is 5.17 Å². The third-order valence-corrected chi connectivity index (χ3v) is 0.866. The van der Waals surface area contributed by atoms with Gasteiger partial charge in [0.2, 0.25) is 0 Å². The first-order valence-corrected chi connectivity index (χ1v) is 3.03. The molecule has 0 fully saturated rings. The molecule has 0 N–H and O–H groups in total. The van der Waals surface area contributed by atoms with Crippen molar-refractivity contribution in [3.8, 4) is 0 Å². The molecule has 0 aliphatic carbocycles. The molecule has 0 radical (unpaired) electrons. The lowest BCUT2D eigenvalue weighted by molar-refractivity contribution is 1.34. The maximum Gasteiger partial charge on any atom is 0.128 e. The molecule has 0 saturated heterocycles. The van der Waals surface area contributed by atoms with Crippen LogP contribution in [0.4, 0.5) is 0 Å². The zero-order chi connectivity index (χ0) is 7.28. The molecule has 9 heavy (non-hydrogen) atoms. The van der Waals surface area contributed by atoms with E-state index in [0.29, 0.717) is 5.17 Å². The summed E-state index contributed by atoms with van der Waals surface area (Å²) in [5.74, 6) is 0. The van der Waals surface area contributed by atoms with Gasteiger partial charge in [-0.15, -0.1) is 0 Å². The highest BCUT2D eigenvalue weighted by Crippen LogP contribution is 1.92. The summed E-state index contributed by atoms with van der Waals surface area (Å²) >= 11 is 5.50. The Morgan fingerprint density at radius 2 is 2.11 bits per heavy atom. The molecular weight excluding hydrogens is 134 g/mol. The zero-order valence-corrected chi connectivity index (χ0v) is 6.44. The van der Waals surface area contributed by atoms with Crippen LogP contribution in [0.3, 0.4) is 0 Å². The molecule has 0 heterocycles. The lowest BCUT2D eigenvalue weighted by Crippen LogP contribution is -1.74. The summed E-state index contributed by atoms with van der Waals surface area (Å²) in [6.45, 7) is 7.36. The smallest absolute Gasteiger partial charge is 0.128 e. The molecule has 0 aromatic rings. The number of nitrogens with zero attached hydrogens (tertiary/aromatic N) is 1. The third-order valence-electron chi connectivity index (χ3n) is 0.615. The van der Waals surface area contributed by atoms with E-state index in [1.807, 2.05) is 13.8 Å². The molecule has 0 amide bonds. The number of aliphatic imine (C=N–C) groups is 1. The lowest BCUT2D eigenvalue weighted by atomic mass is 10.4. The van der Waals surface area contributed by atoms with Crippen molar-refractivity contribution in [2.75, 3.05) is 0 Å². The van der Waals surface area contributed by atoms with E-state index in [1.165, 1.54) is 6.08 Å². The van der Waals surface area contributed by atoms with Gasteiger partial charge in [0, 0.05) is 6.20 Å². The van der Waals surface area contributed by atoms with Gasteiger partial charge >= 0.3 is 0 Å². The summed E-state index contributed by atoms with van der Waals surface area (Å²) < 4.78 is 0. The van der Waals surface area contributed by atoms with Crippen LogP contribution < -0.4 is 0 Å². The second kappa shape index (κ2) is 4.33. The van der Waals surface area contributed by atoms with Crippen LogP contribution in [0.2, 0.25) is 0 Å². The van der Waals surface area contributed by atoms with Gasteiger partial charge in [-0.1, -0.05) is 23.8 Å². The Kier molecular flexibility index (Phi) is 4.06. The van der Waals surface area contributed by atoms with Gasteiger partial charge in [0.1, 0.15) is 5.17 Å². The standard InChI is InChI=1S/C7H10ClN/c1-4-7(8)9-5-6(2)3/h4-5H,1H2,2-3H3. The second-order valence-corrected chi connectivity index (χ2v) is 2.25. The monoisotopic (exact) mass is 143 g/mol. The molecule has 0 rings (SSSR count). The largest absolute Gasteiger partial charge is 0.245 e. The fourth-order valence-electron chi connectivity index (χ4n) is 0.243. The Hall–Kier alpha value is -0.560. The molecular formula is C7H10ClN. The molecule has 0 aliphatic heterocycles. The summed E-state index contributed by atoms with van der Waals surface area (Å²) in [6, 6.07) is 0. The van der Waals surface area contributed by atoms with Crippen LogP contribution in [0.5, 0.6) is 0 Å². The van der Waals surface area contributed by atoms with Crippen LogP contribution in [0.15, 0.2) is 29.4 Å². The minimum absolute atomic E-state index is 0.427. The molecule has 0 aromatic heterocycles. The van der Waals surface area contributed by atoms with Crippen molar-refractivity contribution in [1.82, 2.24) is 0 Å². The second-order valence-electron chi connectivity index (χ2n) is 1.86. The minimum atomic E-state index is 0.427. The van der Waals surface area contributed by atoms with Crippen molar-refractivity contribution in [3.05, 3.63) is 24.4 Å². The molecule has 0 aliphatic rings.